The van der Waals surface area contributed by atoms with Crippen LogP contribution in [0.15, 0.2) is 35.4 Å². The lowest BCUT2D eigenvalue weighted by Crippen LogP contribution is -2.49. The van der Waals surface area contributed by atoms with Crippen molar-refractivity contribution >= 4 is 29.5 Å². The lowest BCUT2D eigenvalue weighted by molar-refractivity contribution is 0.0638. The molecular weight excluding hydrogens is 503 g/mol. The number of amides is 2. The molecule has 210 valence electrons. The minimum Gasteiger partial charge on any atom is -0.446 e. The molecule has 4 heterocycles. The SMILES string of the molecule is C=CC(C)(F)c1nc(N2CCCCC2)oc1C(=O)Nc1ccc(N2CCN(C(=O)OC3CCCC3)CC2)nc1. The Morgan fingerprint density at radius 1 is 1.08 bits per heavy atom. The van der Waals surface area contributed by atoms with Crippen molar-refractivity contribution in [2.45, 2.75) is 63.6 Å². The largest absolute Gasteiger partial charge is 0.446 e. The van der Waals surface area contributed by atoms with E-state index in [2.05, 4.69) is 26.8 Å². The van der Waals surface area contributed by atoms with Crippen LogP contribution in [0.1, 0.15) is 68.1 Å². The molecule has 5 rings (SSSR count). The number of nitrogens with one attached hydrogen (secondary N) is 1. The van der Waals surface area contributed by atoms with Gasteiger partial charge in [0.25, 0.3) is 11.9 Å². The Labute approximate surface area is 228 Å². The number of rotatable bonds is 7. The van der Waals surface area contributed by atoms with Crippen LogP contribution in [0.5, 0.6) is 0 Å². The maximum atomic E-state index is 15.2. The first-order chi connectivity index (χ1) is 18.8. The summed E-state index contributed by atoms with van der Waals surface area (Å²) in [7, 11) is 0. The molecule has 1 atom stereocenters. The summed E-state index contributed by atoms with van der Waals surface area (Å²) in [5.41, 5.74) is -1.68. The zero-order valence-corrected chi connectivity index (χ0v) is 22.5. The lowest BCUT2D eigenvalue weighted by Gasteiger charge is -2.35. The lowest BCUT2D eigenvalue weighted by atomic mass is 10.0. The van der Waals surface area contributed by atoms with Gasteiger partial charge in [-0.3, -0.25) is 4.79 Å². The van der Waals surface area contributed by atoms with Gasteiger partial charge in [0, 0.05) is 39.3 Å². The number of carbonyl (C=O) groups is 2. The van der Waals surface area contributed by atoms with Crippen LogP contribution in [0.3, 0.4) is 0 Å². The van der Waals surface area contributed by atoms with Gasteiger partial charge in [-0.15, -0.1) is 0 Å². The minimum absolute atomic E-state index is 0.0553. The fraction of sp³-hybridized carbons (Fsp3) is 0.571. The predicted molar refractivity (Wildman–Crippen MR) is 146 cm³/mol. The number of oxazole rings is 1. The van der Waals surface area contributed by atoms with Gasteiger partial charge in [-0.05, 0) is 70.1 Å². The molecule has 3 aliphatic rings. The summed E-state index contributed by atoms with van der Waals surface area (Å²) in [6.07, 6.45) is 9.75. The van der Waals surface area contributed by atoms with Gasteiger partial charge in [-0.25, -0.2) is 14.2 Å². The van der Waals surface area contributed by atoms with Crippen LogP contribution in [0.2, 0.25) is 0 Å². The van der Waals surface area contributed by atoms with Gasteiger partial charge in [-0.2, -0.15) is 4.98 Å². The van der Waals surface area contributed by atoms with Crippen LogP contribution in [0, 0.1) is 0 Å². The number of nitrogens with zero attached hydrogens (tertiary/aromatic N) is 5. The summed E-state index contributed by atoms with van der Waals surface area (Å²) in [6.45, 7) is 8.75. The number of aromatic nitrogens is 2. The summed E-state index contributed by atoms with van der Waals surface area (Å²) in [6, 6.07) is 3.80. The van der Waals surface area contributed by atoms with Crippen molar-refractivity contribution < 1.29 is 23.1 Å². The number of piperazine rings is 1. The number of alkyl halides is 1. The van der Waals surface area contributed by atoms with Gasteiger partial charge < -0.3 is 29.2 Å². The highest BCUT2D eigenvalue weighted by atomic mass is 19.1. The predicted octanol–water partition coefficient (Wildman–Crippen LogP) is 4.88. The van der Waals surface area contributed by atoms with Crippen molar-refractivity contribution in [3.63, 3.8) is 0 Å². The van der Waals surface area contributed by atoms with Crippen LogP contribution >= 0.6 is 0 Å². The number of carbonyl (C=O) groups excluding carboxylic acids is 2. The van der Waals surface area contributed by atoms with Gasteiger partial charge in [0.15, 0.2) is 5.67 Å². The van der Waals surface area contributed by atoms with Crippen molar-refractivity contribution in [1.29, 1.82) is 0 Å². The van der Waals surface area contributed by atoms with E-state index >= 15 is 4.39 Å². The number of hydrogen-bond acceptors (Lipinski definition) is 8. The fourth-order valence-electron chi connectivity index (χ4n) is 5.29. The number of piperidine rings is 1. The normalized spacial score (nSPS) is 20.0. The molecule has 3 fully saturated rings. The Morgan fingerprint density at radius 3 is 2.44 bits per heavy atom. The summed E-state index contributed by atoms with van der Waals surface area (Å²) >= 11 is 0. The van der Waals surface area contributed by atoms with E-state index in [0.717, 1.165) is 69.9 Å². The highest BCUT2D eigenvalue weighted by Crippen LogP contribution is 2.33. The molecule has 1 unspecified atom stereocenters. The molecule has 1 saturated carbocycles. The molecule has 2 aliphatic heterocycles. The highest BCUT2D eigenvalue weighted by Gasteiger charge is 2.35. The average Bonchev–Trinajstić information content (AvgIpc) is 3.65. The Hall–Kier alpha value is -3.63. The zero-order valence-electron chi connectivity index (χ0n) is 22.5. The monoisotopic (exact) mass is 540 g/mol. The van der Waals surface area contributed by atoms with Crippen LogP contribution in [0.25, 0.3) is 0 Å². The van der Waals surface area contributed by atoms with Gasteiger partial charge in [0.2, 0.25) is 5.76 Å². The molecule has 1 N–H and O–H groups in total. The average molecular weight is 541 g/mol. The molecule has 2 amide bonds. The highest BCUT2D eigenvalue weighted by molar-refractivity contribution is 6.03. The minimum atomic E-state index is -2.03. The molecule has 11 heteroatoms. The van der Waals surface area contributed by atoms with E-state index in [9.17, 15) is 9.59 Å². The smallest absolute Gasteiger partial charge is 0.410 e. The van der Waals surface area contributed by atoms with E-state index in [1.54, 1.807) is 17.2 Å². The van der Waals surface area contributed by atoms with Crippen molar-refractivity contribution in [3.8, 4) is 0 Å². The third kappa shape index (κ3) is 6.17. The molecule has 10 nitrogen and oxygen atoms in total. The molecule has 0 aromatic carbocycles. The van der Waals surface area contributed by atoms with E-state index in [0.29, 0.717) is 31.9 Å². The standard InChI is InChI=1S/C28H37FN6O4/c1-3-28(2,29)24-23(39-26(32-24)34-13-7-4-8-14-34)25(36)31-20-11-12-22(30-19-20)33-15-17-35(18-16-33)27(37)38-21-9-5-6-10-21/h3,11-12,19,21H,1,4-10,13-18H2,2H3,(H,31,36). The first kappa shape index (κ1) is 27.0. The van der Waals surface area contributed by atoms with E-state index < -0.39 is 11.6 Å². The quantitative estimate of drug-likeness (QED) is 0.496. The second kappa shape index (κ2) is 11.6. The van der Waals surface area contributed by atoms with Crippen LogP contribution in [-0.4, -0.2) is 72.2 Å². The third-order valence-electron chi connectivity index (χ3n) is 7.73. The molecule has 0 spiro atoms. The molecular formula is C28H37FN6O4. The zero-order chi connectivity index (χ0) is 27.4. The molecule has 0 bridgehead atoms. The van der Waals surface area contributed by atoms with Crippen molar-refractivity contribution in [3.05, 3.63) is 42.4 Å². The van der Waals surface area contributed by atoms with Gasteiger partial charge in [-0.1, -0.05) is 6.58 Å². The summed E-state index contributed by atoms with van der Waals surface area (Å²) < 4.78 is 26.7. The van der Waals surface area contributed by atoms with Crippen molar-refractivity contribution in [1.82, 2.24) is 14.9 Å². The van der Waals surface area contributed by atoms with Gasteiger partial charge in [0.1, 0.15) is 17.6 Å². The number of allylic oxidation sites excluding steroid dienone is 1. The third-order valence-corrected chi connectivity index (χ3v) is 7.73. The van der Waals surface area contributed by atoms with Gasteiger partial charge in [0.05, 0.1) is 11.9 Å². The van der Waals surface area contributed by atoms with E-state index in [4.69, 9.17) is 9.15 Å². The maximum absolute atomic E-state index is 15.2. The Morgan fingerprint density at radius 2 is 1.79 bits per heavy atom. The number of ether oxygens (including phenoxy) is 1. The fourth-order valence-corrected chi connectivity index (χ4v) is 5.29. The van der Waals surface area contributed by atoms with Gasteiger partial charge >= 0.3 is 6.09 Å². The first-order valence-corrected chi connectivity index (χ1v) is 13.9. The second-order valence-corrected chi connectivity index (χ2v) is 10.6. The number of pyridine rings is 1. The summed E-state index contributed by atoms with van der Waals surface area (Å²) in [5, 5.41) is 2.75. The molecule has 1 aliphatic carbocycles. The molecule has 2 aromatic rings. The van der Waals surface area contributed by atoms with Crippen molar-refractivity contribution in [2.24, 2.45) is 0 Å². The first-order valence-electron chi connectivity index (χ1n) is 13.9. The Kier molecular flexibility index (Phi) is 8.04. The van der Waals surface area contributed by atoms with E-state index in [1.165, 1.54) is 6.92 Å². The van der Waals surface area contributed by atoms with Crippen molar-refractivity contribution in [2.75, 3.05) is 54.4 Å². The topological polar surface area (TPSA) is 104 Å². The van der Waals surface area contributed by atoms with Crippen LogP contribution in [-0.2, 0) is 10.4 Å². The van der Waals surface area contributed by atoms with E-state index in [-0.39, 0.29) is 29.7 Å². The number of halogens is 1. The summed E-state index contributed by atoms with van der Waals surface area (Å²) in [5.74, 6) is -0.0341. The Balaban J connectivity index is 1.20. The molecule has 39 heavy (non-hydrogen) atoms. The molecule has 2 saturated heterocycles. The maximum Gasteiger partial charge on any atom is 0.410 e. The van der Waals surface area contributed by atoms with Crippen LogP contribution < -0.4 is 15.1 Å². The molecule has 0 radical (unpaired) electrons. The summed E-state index contributed by atoms with van der Waals surface area (Å²) in [4.78, 5) is 40.2. The number of anilines is 3. The molecule has 2 aromatic heterocycles. The number of hydrogen-bond donors (Lipinski definition) is 1. The second-order valence-electron chi connectivity index (χ2n) is 10.6. The van der Waals surface area contributed by atoms with E-state index in [1.807, 2.05) is 11.0 Å². The Bertz CT molecular complexity index is 1160. The van der Waals surface area contributed by atoms with Crippen LogP contribution in [0.4, 0.5) is 26.7 Å².